The number of nitrogens with zero attached hydrogens (tertiary/aromatic N) is 1. The molecule has 2 saturated heterocycles. The molecule has 4 bridgehead atoms. The van der Waals surface area contributed by atoms with E-state index in [1.807, 2.05) is 4.90 Å². The molecule has 142 valence electrons. The van der Waals surface area contributed by atoms with Gasteiger partial charge in [0.05, 0.1) is 4.90 Å². The maximum Gasteiger partial charge on any atom is 0.341 e. The van der Waals surface area contributed by atoms with Crippen LogP contribution in [-0.4, -0.2) is 37.7 Å². The van der Waals surface area contributed by atoms with E-state index in [0.717, 1.165) is 43.4 Å². The number of hydrogen-bond donors (Lipinski definition) is 1. The van der Waals surface area contributed by atoms with Crippen LogP contribution in [0, 0.1) is 17.8 Å². The number of sulfone groups is 1. The lowest BCUT2D eigenvalue weighted by atomic mass is 9.68. The Kier molecular flexibility index (Phi) is 4.41. The van der Waals surface area contributed by atoms with Crippen LogP contribution in [0.4, 0.5) is 19.3 Å². The number of carbonyl (C=O) groups is 1. The van der Waals surface area contributed by atoms with Crippen LogP contribution in [0.1, 0.15) is 32.1 Å². The highest BCUT2D eigenvalue weighted by atomic mass is 32.2. The second-order valence-electron chi connectivity index (χ2n) is 7.84. The molecule has 26 heavy (non-hydrogen) atoms. The standard InChI is InChI=1S/C18H22F2N2O3S/c19-17(20)26(24,25)16-3-1-14(2-4-16)21-18(23)22-10-13-6-11-5-12(7-13)9-15(22)8-11/h1-4,11-13,15,17H,5-10H2,(H,21,23). The van der Waals surface area contributed by atoms with Crippen LogP contribution in [0.15, 0.2) is 29.2 Å². The molecule has 2 heterocycles. The van der Waals surface area contributed by atoms with Crippen molar-refractivity contribution in [2.45, 2.75) is 48.8 Å². The number of urea groups is 1. The second-order valence-corrected chi connectivity index (χ2v) is 9.76. The summed E-state index contributed by atoms with van der Waals surface area (Å²) < 4.78 is 48.1. The van der Waals surface area contributed by atoms with Gasteiger partial charge in [0.1, 0.15) is 0 Å². The van der Waals surface area contributed by atoms with Crippen LogP contribution in [0.25, 0.3) is 0 Å². The Balaban J connectivity index is 1.47. The number of hydrogen-bond acceptors (Lipinski definition) is 3. The van der Waals surface area contributed by atoms with Crippen molar-refractivity contribution < 1.29 is 22.0 Å². The second kappa shape index (κ2) is 6.48. The lowest BCUT2D eigenvalue weighted by Gasteiger charge is -2.38. The van der Waals surface area contributed by atoms with Crippen LogP contribution >= 0.6 is 0 Å². The van der Waals surface area contributed by atoms with E-state index in [-0.39, 0.29) is 12.1 Å². The normalized spacial score (nSPS) is 30.5. The number of fused-ring (bicyclic) bond motifs is 1. The van der Waals surface area contributed by atoms with E-state index in [1.165, 1.54) is 31.4 Å². The van der Waals surface area contributed by atoms with Crippen molar-refractivity contribution in [1.82, 2.24) is 4.90 Å². The predicted octanol–water partition coefficient (Wildman–Crippen LogP) is 3.73. The summed E-state index contributed by atoms with van der Waals surface area (Å²) in [5, 5.41) is 2.79. The predicted molar refractivity (Wildman–Crippen MR) is 92.7 cm³/mol. The Morgan fingerprint density at radius 1 is 1.00 bits per heavy atom. The van der Waals surface area contributed by atoms with Gasteiger partial charge in [-0.15, -0.1) is 0 Å². The summed E-state index contributed by atoms with van der Waals surface area (Å²) in [5.41, 5.74) is 0.409. The molecule has 2 atom stereocenters. The number of carbonyl (C=O) groups excluding carboxylic acids is 1. The largest absolute Gasteiger partial charge is 0.341 e. The highest BCUT2D eigenvalue weighted by Crippen LogP contribution is 2.47. The summed E-state index contributed by atoms with van der Waals surface area (Å²) >= 11 is 0. The van der Waals surface area contributed by atoms with Crippen molar-refractivity contribution in [2.75, 3.05) is 11.9 Å². The minimum absolute atomic E-state index is 0.187. The first-order valence-corrected chi connectivity index (χ1v) is 10.6. The molecule has 4 fully saturated rings. The van der Waals surface area contributed by atoms with Crippen LogP contribution in [0.2, 0.25) is 0 Å². The molecule has 8 heteroatoms. The molecule has 0 radical (unpaired) electrons. The molecular formula is C18H22F2N2O3S. The summed E-state index contributed by atoms with van der Waals surface area (Å²) in [5.74, 6) is -1.43. The maximum atomic E-state index is 12.8. The third-order valence-corrected chi connectivity index (χ3v) is 7.43. The number of amides is 2. The number of anilines is 1. The third-order valence-electron chi connectivity index (χ3n) is 6.04. The number of alkyl halides is 2. The van der Waals surface area contributed by atoms with Gasteiger partial charge in [-0.05, 0) is 74.1 Å². The molecule has 4 aliphatic rings. The van der Waals surface area contributed by atoms with E-state index < -0.39 is 20.5 Å². The first kappa shape index (κ1) is 17.7. The van der Waals surface area contributed by atoms with E-state index >= 15 is 0 Å². The molecule has 5 nitrogen and oxygen atoms in total. The van der Waals surface area contributed by atoms with Crippen LogP contribution < -0.4 is 5.32 Å². The quantitative estimate of drug-likeness (QED) is 0.864. The number of nitrogens with one attached hydrogen (secondary N) is 1. The first-order valence-electron chi connectivity index (χ1n) is 9.02. The molecule has 2 amide bonds. The zero-order chi connectivity index (χ0) is 18.5. The fourth-order valence-electron chi connectivity index (χ4n) is 5.06. The van der Waals surface area contributed by atoms with Crippen molar-refractivity contribution in [3.8, 4) is 0 Å². The van der Waals surface area contributed by atoms with E-state index in [2.05, 4.69) is 5.32 Å². The third kappa shape index (κ3) is 3.19. The minimum atomic E-state index is -4.62. The molecule has 0 aromatic heterocycles. The number of rotatable bonds is 3. The molecule has 1 aromatic rings. The highest BCUT2D eigenvalue weighted by Gasteiger charge is 2.44. The van der Waals surface area contributed by atoms with E-state index in [9.17, 15) is 22.0 Å². The molecule has 0 spiro atoms. The average Bonchev–Trinajstić information content (AvgIpc) is 2.78. The van der Waals surface area contributed by atoms with E-state index in [1.54, 1.807) is 0 Å². The van der Waals surface area contributed by atoms with Gasteiger partial charge in [-0.2, -0.15) is 8.78 Å². The topological polar surface area (TPSA) is 66.5 Å². The van der Waals surface area contributed by atoms with Gasteiger partial charge in [-0.25, -0.2) is 13.2 Å². The van der Waals surface area contributed by atoms with E-state index in [0.29, 0.717) is 11.6 Å². The summed E-state index contributed by atoms with van der Waals surface area (Å²) in [4.78, 5) is 14.2. The van der Waals surface area contributed by atoms with Crippen LogP contribution in [0.5, 0.6) is 0 Å². The molecule has 5 rings (SSSR count). The molecular weight excluding hydrogens is 362 g/mol. The fourth-order valence-corrected chi connectivity index (χ4v) is 5.78. The van der Waals surface area contributed by atoms with Gasteiger partial charge >= 0.3 is 11.8 Å². The zero-order valence-corrected chi connectivity index (χ0v) is 15.1. The number of benzene rings is 1. The molecule has 2 unspecified atom stereocenters. The fraction of sp³-hybridized carbons (Fsp3) is 0.611. The molecule has 2 saturated carbocycles. The van der Waals surface area contributed by atoms with Crippen molar-refractivity contribution in [1.29, 1.82) is 0 Å². The van der Waals surface area contributed by atoms with Gasteiger partial charge in [0.15, 0.2) is 0 Å². The Hall–Kier alpha value is -1.70. The Morgan fingerprint density at radius 3 is 2.15 bits per heavy atom. The lowest BCUT2D eigenvalue weighted by molar-refractivity contribution is 0.136. The summed E-state index contributed by atoms with van der Waals surface area (Å²) in [7, 11) is -4.62. The average molecular weight is 384 g/mol. The molecule has 2 aliphatic heterocycles. The SMILES string of the molecule is O=C(Nc1ccc(S(=O)(=O)C(F)F)cc1)N1CC2CC3CC(C2)CC1C3. The maximum absolute atomic E-state index is 12.8. The minimum Gasteiger partial charge on any atom is -0.321 e. The van der Waals surface area contributed by atoms with Gasteiger partial charge in [0.25, 0.3) is 0 Å². The van der Waals surface area contributed by atoms with Crippen molar-refractivity contribution in [2.24, 2.45) is 17.8 Å². The molecule has 2 aliphatic carbocycles. The molecule has 1 aromatic carbocycles. The Morgan fingerprint density at radius 2 is 1.58 bits per heavy atom. The Labute approximate surface area is 151 Å². The summed E-state index contributed by atoms with van der Waals surface area (Å²) in [6.07, 6.45) is 5.83. The Bertz CT molecular complexity index is 783. The number of halogens is 2. The summed E-state index contributed by atoms with van der Waals surface area (Å²) in [6.45, 7) is 0.765. The van der Waals surface area contributed by atoms with Gasteiger partial charge in [-0.3, -0.25) is 0 Å². The molecule has 1 N–H and O–H groups in total. The monoisotopic (exact) mass is 384 g/mol. The smallest absolute Gasteiger partial charge is 0.321 e. The van der Waals surface area contributed by atoms with E-state index in [4.69, 9.17) is 0 Å². The van der Waals surface area contributed by atoms with Gasteiger partial charge < -0.3 is 10.2 Å². The van der Waals surface area contributed by atoms with Gasteiger partial charge in [-0.1, -0.05) is 0 Å². The lowest BCUT2D eigenvalue weighted by Crippen LogP contribution is -2.44. The van der Waals surface area contributed by atoms with Crippen molar-refractivity contribution in [3.63, 3.8) is 0 Å². The first-order chi connectivity index (χ1) is 12.3. The summed E-state index contributed by atoms with van der Waals surface area (Å²) in [6, 6.07) is 5.00. The van der Waals surface area contributed by atoms with Gasteiger partial charge in [0, 0.05) is 18.3 Å². The van der Waals surface area contributed by atoms with Gasteiger partial charge in [0.2, 0.25) is 9.84 Å². The van der Waals surface area contributed by atoms with Crippen LogP contribution in [-0.2, 0) is 9.84 Å². The zero-order valence-electron chi connectivity index (χ0n) is 14.3. The van der Waals surface area contributed by atoms with Crippen LogP contribution in [0.3, 0.4) is 0 Å². The van der Waals surface area contributed by atoms with Crippen molar-refractivity contribution >= 4 is 21.6 Å². The highest BCUT2D eigenvalue weighted by molar-refractivity contribution is 7.91. The van der Waals surface area contributed by atoms with Crippen molar-refractivity contribution in [3.05, 3.63) is 24.3 Å².